The molecule has 0 atom stereocenters. The molecular weight excluding hydrogens is 364 g/mol. The summed E-state index contributed by atoms with van der Waals surface area (Å²) in [4.78, 5) is 25.3. The molecule has 0 saturated heterocycles. The van der Waals surface area contributed by atoms with E-state index in [1.807, 2.05) is 13.0 Å². The largest absolute Gasteiger partial charge is 0.460 e. The van der Waals surface area contributed by atoms with Crippen molar-refractivity contribution in [1.29, 1.82) is 0 Å². The summed E-state index contributed by atoms with van der Waals surface area (Å²) < 4.78 is 11.3. The maximum atomic E-state index is 13.2. The summed E-state index contributed by atoms with van der Waals surface area (Å²) in [5.41, 5.74) is 2.98. The Balaban J connectivity index is 1.42. The molecule has 0 unspecified atom stereocenters. The highest BCUT2D eigenvalue weighted by Crippen LogP contribution is 2.60. The third kappa shape index (κ3) is 3.21. The Morgan fingerprint density at radius 2 is 1.72 bits per heavy atom. The molecule has 4 aliphatic rings. The van der Waals surface area contributed by atoms with Gasteiger partial charge in [-0.25, -0.2) is 4.79 Å². The second-order valence-corrected chi connectivity index (χ2v) is 10.2. The van der Waals surface area contributed by atoms with Crippen LogP contribution in [-0.2, 0) is 16.1 Å². The van der Waals surface area contributed by atoms with E-state index in [0.29, 0.717) is 29.3 Å². The van der Waals surface area contributed by atoms with Gasteiger partial charge in [0, 0.05) is 17.0 Å². The van der Waals surface area contributed by atoms with Crippen LogP contribution in [0.5, 0.6) is 0 Å². The second-order valence-electron chi connectivity index (χ2n) is 10.2. The Kier molecular flexibility index (Phi) is 4.38. The van der Waals surface area contributed by atoms with Crippen LogP contribution in [0.25, 0.3) is 11.0 Å². The van der Waals surface area contributed by atoms with Crippen LogP contribution in [0, 0.1) is 30.1 Å². The number of esters is 1. The van der Waals surface area contributed by atoms with E-state index in [1.165, 1.54) is 30.9 Å². The molecule has 4 bridgehead atoms. The van der Waals surface area contributed by atoms with Crippen LogP contribution in [0.15, 0.2) is 27.4 Å². The van der Waals surface area contributed by atoms with Crippen molar-refractivity contribution < 1.29 is 13.9 Å². The summed E-state index contributed by atoms with van der Waals surface area (Å²) in [5, 5.41) is 0.872. The van der Waals surface area contributed by atoms with E-state index in [0.717, 1.165) is 35.8 Å². The fourth-order valence-electron chi connectivity index (χ4n) is 6.79. The van der Waals surface area contributed by atoms with Crippen LogP contribution in [0.1, 0.15) is 75.0 Å². The van der Waals surface area contributed by atoms with Gasteiger partial charge in [0.15, 0.2) is 0 Å². The van der Waals surface area contributed by atoms with E-state index in [-0.39, 0.29) is 18.0 Å². The fourth-order valence-corrected chi connectivity index (χ4v) is 6.79. The minimum absolute atomic E-state index is 0.0471. The first-order chi connectivity index (χ1) is 13.8. The van der Waals surface area contributed by atoms with Crippen LogP contribution in [0.4, 0.5) is 0 Å². The average Bonchev–Trinajstić information content (AvgIpc) is 2.63. The van der Waals surface area contributed by atoms with Crippen LogP contribution in [0.3, 0.4) is 0 Å². The predicted octanol–water partition coefficient (Wildman–Crippen LogP) is 5.48. The zero-order valence-electron chi connectivity index (χ0n) is 17.6. The second kappa shape index (κ2) is 6.72. The highest BCUT2D eigenvalue weighted by Gasteiger charge is 2.55. The van der Waals surface area contributed by atoms with Gasteiger partial charge >= 0.3 is 11.6 Å². The van der Waals surface area contributed by atoms with Crippen LogP contribution >= 0.6 is 0 Å². The molecule has 4 fully saturated rings. The molecule has 2 aromatic rings. The number of carbonyl (C=O) groups excluding carboxylic acids is 1. The molecule has 0 radical (unpaired) electrons. The Labute approximate surface area is 171 Å². The number of rotatable bonds is 4. The van der Waals surface area contributed by atoms with Gasteiger partial charge in [-0.15, -0.1) is 0 Å². The first-order valence-corrected chi connectivity index (χ1v) is 11.1. The standard InChI is InChI=1S/C25H30O4/c1-14(2)20-9-21-19(8-23(26)29-22(21)4-15(20)3)13-28-24(27)25-10-16-5-17(11-25)7-18(6-16)12-25/h4,8-9,14,16-18H,5-7,10-13H2,1-3H3. The lowest BCUT2D eigenvalue weighted by Gasteiger charge is -2.55. The molecule has 6 rings (SSSR count). The highest BCUT2D eigenvalue weighted by atomic mass is 16.5. The van der Waals surface area contributed by atoms with Crippen molar-refractivity contribution >= 4 is 16.9 Å². The molecule has 154 valence electrons. The summed E-state index contributed by atoms with van der Waals surface area (Å²) in [6.07, 6.45) is 6.88. The van der Waals surface area contributed by atoms with Crippen molar-refractivity contribution in [2.75, 3.05) is 0 Å². The maximum absolute atomic E-state index is 13.2. The van der Waals surface area contributed by atoms with Crippen molar-refractivity contribution in [3.63, 3.8) is 0 Å². The van der Waals surface area contributed by atoms with Gasteiger partial charge in [-0.2, -0.15) is 0 Å². The van der Waals surface area contributed by atoms with E-state index >= 15 is 0 Å². The van der Waals surface area contributed by atoms with Crippen molar-refractivity contribution in [3.05, 3.63) is 45.3 Å². The topological polar surface area (TPSA) is 56.5 Å². The molecule has 0 amide bonds. The SMILES string of the molecule is Cc1cc2oc(=O)cc(COC(=O)C34CC5CC(CC(C5)C3)C4)c2cc1C(C)C. The van der Waals surface area contributed by atoms with E-state index < -0.39 is 5.63 Å². The molecule has 0 N–H and O–H groups in total. The quantitative estimate of drug-likeness (QED) is 0.509. The van der Waals surface area contributed by atoms with Gasteiger partial charge in [0.25, 0.3) is 0 Å². The fraction of sp³-hybridized carbons (Fsp3) is 0.600. The molecule has 1 aromatic carbocycles. The molecule has 29 heavy (non-hydrogen) atoms. The first kappa shape index (κ1) is 18.9. The number of hydrogen-bond donors (Lipinski definition) is 0. The number of ether oxygens (including phenoxy) is 1. The number of carbonyl (C=O) groups is 1. The van der Waals surface area contributed by atoms with Gasteiger partial charge in [-0.05, 0) is 92.4 Å². The molecule has 0 spiro atoms. The van der Waals surface area contributed by atoms with Crippen molar-refractivity contribution in [1.82, 2.24) is 0 Å². The molecule has 4 aliphatic carbocycles. The Morgan fingerprint density at radius 1 is 1.10 bits per heavy atom. The van der Waals surface area contributed by atoms with Gasteiger partial charge < -0.3 is 9.15 Å². The summed E-state index contributed by atoms with van der Waals surface area (Å²) in [6, 6.07) is 5.50. The van der Waals surface area contributed by atoms with Crippen molar-refractivity contribution in [2.45, 2.75) is 71.8 Å². The van der Waals surface area contributed by atoms with E-state index in [2.05, 4.69) is 19.9 Å². The van der Waals surface area contributed by atoms with E-state index in [9.17, 15) is 9.59 Å². The Morgan fingerprint density at radius 3 is 2.31 bits per heavy atom. The summed E-state index contributed by atoms with van der Waals surface area (Å²) in [5.74, 6) is 2.43. The molecule has 1 heterocycles. The lowest BCUT2D eigenvalue weighted by molar-refractivity contribution is -0.172. The molecular formula is C25H30O4. The number of aryl methyl sites for hydroxylation is 1. The number of hydrogen-bond acceptors (Lipinski definition) is 4. The van der Waals surface area contributed by atoms with Gasteiger partial charge in [-0.1, -0.05) is 13.8 Å². The predicted molar refractivity (Wildman–Crippen MR) is 112 cm³/mol. The third-order valence-corrected chi connectivity index (χ3v) is 7.67. The normalized spacial score (nSPS) is 30.3. The third-order valence-electron chi connectivity index (χ3n) is 7.67. The Hall–Kier alpha value is -2.10. The van der Waals surface area contributed by atoms with Crippen LogP contribution in [-0.4, -0.2) is 5.97 Å². The van der Waals surface area contributed by atoms with Crippen LogP contribution in [0.2, 0.25) is 0 Å². The molecule has 4 saturated carbocycles. The molecule has 1 aromatic heterocycles. The number of fused-ring (bicyclic) bond motifs is 1. The Bertz CT molecular complexity index is 994. The summed E-state index contributed by atoms with van der Waals surface area (Å²) in [7, 11) is 0. The maximum Gasteiger partial charge on any atom is 0.336 e. The zero-order valence-corrected chi connectivity index (χ0v) is 17.6. The van der Waals surface area contributed by atoms with Gasteiger partial charge in [0.05, 0.1) is 5.41 Å². The monoisotopic (exact) mass is 394 g/mol. The minimum Gasteiger partial charge on any atom is -0.460 e. The summed E-state index contributed by atoms with van der Waals surface area (Å²) in [6.45, 7) is 6.48. The smallest absolute Gasteiger partial charge is 0.336 e. The van der Waals surface area contributed by atoms with E-state index in [4.69, 9.17) is 9.15 Å². The average molecular weight is 395 g/mol. The van der Waals surface area contributed by atoms with Crippen molar-refractivity contribution in [3.8, 4) is 0 Å². The number of benzene rings is 1. The lowest BCUT2D eigenvalue weighted by atomic mass is 9.49. The molecule has 0 aliphatic heterocycles. The lowest BCUT2D eigenvalue weighted by Crippen LogP contribution is -2.50. The first-order valence-electron chi connectivity index (χ1n) is 11.1. The van der Waals surface area contributed by atoms with Crippen LogP contribution < -0.4 is 5.63 Å². The van der Waals surface area contributed by atoms with Crippen molar-refractivity contribution in [2.24, 2.45) is 23.2 Å². The highest BCUT2D eigenvalue weighted by molar-refractivity contribution is 5.83. The van der Waals surface area contributed by atoms with Gasteiger partial charge in [0.2, 0.25) is 0 Å². The summed E-state index contributed by atoms with van der Waals surface area (Å²) >= 11 is 0. The van der Waals surface area contributed by atoms with E-state index in [1.54, 1.807) is 0 Å². The molecule has 4 nitrogen and oxygen atoms in total. The van der Waals surface area contributed by atoms with Gasteiger partial charge in [-0.3, -0.25) is 4.79 Å². The van der Waals surface area contributed by atoms with Gasteiger partial charge in [0.1, 0.15) is 12.2 Å². The molecule has 4 heteroatoms. The minimum atomic E-state index is -0.393. The zero-order chi connectivity index (χ0) is 20.3.